The highest BCUT2D eigenvalue weighted by atomic mass is 32.2. The van der Waals surface area contributed by atoms with Crippen LogP contribution in [0, 0.1) is 17.1 Å². The molecule has 0 aromatic heterocycles. The Hall–Kier alpha value is -1.49. The Balaban J connectivity index is 2.46. The van der Waals surface area contributed by atoms with E-state index in [1.807, 2.05) is 0 Å². The maximum Gasteiger partial charge on any atom is 0.244 e. The fourth-order valence-corrected chi connectivity index (χ4v) is 3.62. The summed E-state index contributed by atoms with van der Waals surface area (Å²) in [6.07, 6.45) is -0.220. The molecule has 0 saturated carbocycles. The third-order valence-electron chi connectivity index (χ3n) is 2.91. The minimum Gasteiger partial charge on any atom is -0.376 e. The van der Waals surface area contributed by atoms with Gasteiger partial charge in [0.25, 0.3) is 0 Å². The quantitative estimate of drug-likeness (QED) is 0.815. The van der Waals surface area contributed by atoms with Crippen molar-refractivity contribution >= 4 is 10.0 Å². The number of ether oxygens (including phenoxy) is 1. The number of hydrogen-bond acceptors (Lipinski definition) is 4. The van der Waals surface area contributed by atoms with Crippen molar-refractivity contribution in [3.8, 4) is 6.07 Å². The lowest BCUT2D eigenvalue weighted by atomic mass is 10.2. The molecule has 1 atom stereocenters. The Labute approximate surface area is 111 Å². The molecule has 1 heterocycles. The van der Waals surface area contributed by atoms with Crippen LogP contribution in [0.25, 0.3) is 0 Å². The molecule has 5 nitrogen and oxygen atoms in total. The van der Waals surface area contributed by atoms with Gasteiger partial charge >= 0.3 is 0 Å². The van der Waals surface area contributed by atoms with Gasteiger partial charge in [-0.2, -0.15) is 9.57 Å². The first kappa shape index (κ1) is 13.9. The van der Waals surface area contributed by atoms with Crippen LogP contribution < -0.4 is 0 Å². The average Bonchev–Trinajstić information content (AvgIpc) is 2.38. The fraction of sp³-hybridized carbons (Fsp3) is 0.417. The van der Waals surface area contributed by atoms with E-state index >= 15 is 0 Å². The first-order chi connectivity index (χ1) is 8.96. The minimum atomic E-state index is -3.87. The molecule has 7 heteroatoms. The van der Waals surface area contributed by atoms with Gasteiger partial charge in [0, 0.05) is 13.1 Å². The van der Waals surface area contributed by atoms with E-state index in [9.17, 15) is 12.8 Å². The number of morpholine rings is 1. The summed E-state index contributed by atoms with van der Waals surface area (Å²) in [6.45, 7) is 2.45. The monoisotopic (exact) mass is 284 g/mol. The number of halogens is 1. The molecule has 1 aromatic carbocycles. The Morgan fingerprint density at radius 2 is 2.26 bits per heavy atom. The number of sulfonamides is 1. The van der Waals surface area contributed by atoms with Crippen LogP contribution in [0.2, 0.25) is 0 Å². The molecule has 1 unspecified atom stereocenters. The Kier molecular flexibility index (Phi) is 3.85. The van der Waals surface area contributed by atoms with Crippen molar-refractivity contribution < 1.29 is 17.5 Å². The molecule has 1 saturated heterocycles. The van der Waals surface area contributed by atoms with Crippen molar-refractivity contribution in [2.24, 2.45) is 0 Å². The molecule has 1 aliphatic heterocycles. The van der Waals surface area contributed by atoms with E-state index in [2.05, 4.69) is 0 Å². The third kappa shape index (κ3) is 2.61. The number of nitrogens with zero attached hydrogens (tertiary/aromatic N) is 2. The molecule has 1 fully saturated rings. The number of rotatable bonds is 2. The molecular weight excluding hydrogens is 271 g/mol. The van der Waals surface area contributed by atoms with Crippen LogP contribution in [0.1, 0.15) is 12.5 Å². The van der Waals surface area contributed by atoms with E-state index < -0.39 is 21.4 Å². The SMILES string of the molecule is CC1CN(S(=O)(=O)c2cccc(F)c2C#N)CCO1. The van der Waals surface area contributed by atoms with E-state index in [-0.39, 0.29) is 30.7 Å². The van der Waals surface area contributed by atoms with E-state index in [0.717, 1.165) is 6.07 Å². The highest BCUT2D eigenvalue weighted by molar-refractivity contribution is 7.89. The van der Waals surface area contributed by atoms with Crippen LogP contribution in [0.4, 0.5) is 4.39 Å². The molecule has 102 valence electrons. The topological polar surface area (TPSA) is 70.4 Å². The first-order valence-electron chi connectivity index (χ1n) is 5.77. The molecule has 0 radical (unpaired) electrons. The summed E-state index contributed by atoms with van der Waals surface area (Å²) in [5, 5.41) is 8.92. The highest BCUT2D eigenvalue weighted by Crippen LogP contribution is 2.23. The molecule has 0 amide bonds. The molecule has 1 aromatic rings. The van der Waals surface area contributed by atoms with Crippen LogP contribution in [0.3, 0.4) is 0 Å². The normalized spacial score (nSPS) is 21.0. The zero-order chi connectivity index (χ0) is 14.0. The molecule has 0 spiro atoms. The lowest BCUT2D eigenvalue weighted by molar-refractivity contribution is 0.0102. The van der Waals surface area contributed by atoms with Gasteiger partial charge < -0.3 is 4.74 Å². The highest BCUT2D eigenvalue weighted by Gasteiger charge is 2.31. The van der Waals surface area contributed by atoms with Gasteiger partial charge in [0.1, 0.15) is 22.3 Å². The van der Waals surface area contributed by atoms with Crippen molar-refractivity contribution in [1.29, 1.82) is 5.26 Å². The van der Waals surface area contributed by atoms with Gasteiger partial charge in [-0.1, -0.05) is 6.07 Å². The van der Waals surface area contributed by atoms with Crippen molar-refractivity contribution in [2.45, 2.75) is 17.9 Å². The van der Waals surface area contributed by atoms with Gasteiger partial charge in [0.05, 0.1) is 12.7 Å². The van der Waals surface area contributed by atoms with Gasteiger partial charge in [-0.15, -0.1) is 0 Å². The molecule has 19 heavy (non-hydrogen) atoms. The van der Waals surface area contributed by atoms with Gasteiger partial charge in [0.2, 0.25) is 10.0 Å². The van der Waals surface area contributed by atoms with Gasteiger partial charge in [-0.25, -0.2) is 12.8 Å². The maximum absolute atomic E-state index is 13.5. The molecule has 2 rings (SSSR count). The standard InChI is InChI=1S/C12H13FN2O3S/c1-9-8-15(5-6-18-9)19(16,17)12-4-2-3-11(13)10(12)7-14/h2-4,9H,5-6,8H2,1H3. The van der Waals surface area contributed by atoms with Crippen LogP contribution >= 0.6 is 0 Å². The summed E-state index contributed by atoms with van der Waals surface area (Å²) in [6, 6.07) is 5.21. The zero-order valence-corrected chi connectivity index (χ0v) is 11.2. The second kappa shape index (κ2) is 5.25. The molecule has 0 aliphatic carbocycles. The lowest BCUT2D eigenvalue weighted by Gasteiger charge is -2.30. The number of hydrogen-bond donors (Lipinski definition) is 0. The molecule has 0 bridgehead atoms. The van der Waals surface area contributed by atoms with Crippen LogP contribution in [-0.4, -0.2) is 38.5 Å². The fourth-order valence-electron chi connectivity index (χ4n) is 1.97. The summed E-state index contributed by atoms with van der Waals surface area (Å²) in [4.78, 5) is -0.288. The van der Waals surface area contributed by atoms with Crippen molar-refractivity contribution in [3.05, 3.63) is 29.6 Å². The summed E-state index contributed by atoms with van der Waals surface area (Å²) < 4.78 is 44.8. The van der Waals surface area contributed by atoms with Crippen LogP contribution in [0.5, 0.6) is 0 Å². The smallest absolute Gasteiger partial charge is 0.244 e. The lowest BCUT2D eigenvalue weighted by Crippen LogP contribution is -2.44. The van der Waals surface area contributed by atoms with Crippen LogP contribution in [0.15, 0.2) is 23.1 Å². The van der Waals surface area contributed by atoms with Gasteiger partial charge in [0.15, 0.2) is 0 Å². The van der Waals surface area contributed by atoms with Gasteiger partial charge in [-0.05, 0) is 19.1 Å². The van der Waals surface area contributed by atoms with Crippen molar-refractivity contribution in [3.63, 3.8) is 0 Å². The Bertz CT molecular complexity index is 624. The van der Waals surface area contributed by atoms with Crippen LogP contribution in [-0.2, 0) is 14.8 Å². The predicted molar refractivity (Wildman–Crippen MR) is 65.3 cm³/mol. The van der Waals surface area contributed by atoms with Gasteiger partial charge in [-0.3, -0.25) is 0 Å². The predicted octanol–water partition coefficient (Wildman–Crippen LogP) is 1.11. The molecule has 1 aliphatic rings. The average molecular weight is 284 g/mol. The zero-order valence-electron chi connectivity index (χ0n) is 10.3. The maximum atomic E-state index is 13.5. The van der Waals surface area contributed by atoms with Crippen molar-refractivity contribution in [2.75, 3.05) is 19.7 Å². The summed E-state index contributed by atoms with van der Waals surface area (Å²) in [7, 11) is -3.87. The second-order valence-corrected chi connectivity index (χ2v) is 6.18. The first-order valence-corrected chi connectivity index (χ1v) is 7.21. The van der Waals surface area contributed by atoms with Crippen molar-refractivity contribution in [1.82, 2.24) is 4.31 Å². The van der Waals surface area contributed by atoms with E-state index in [0.29, 0.717) is 0 Å². The Morgan fingerprint density at radius 3 is 2.89 bits per heavy atom. The largest absolute Gasteiger partial charge is 0.376 e. The summed E-state index contributed by atoms with van der Waals surface area (Å²) in [5.41, 5.74) is -0.443. The van der Waals surface area contributed by atoms with E-state index in [1.54, 1.807) is 13.0 Å². The summed E-state index contributed by atoms with van der Waals surface area (Å²) in [5.74, 6) is -0.829. The summed E-state index contributed by atoms with van der Waals surface area (Å²) >= 11 is 0. The van der Waals surface area contributed by atoms with E-state index in [1.165, 1.54) is 16.4 Å². The number of nitriles is 1. The van der Waals surface area contributed by atoms with E-state index in [4.69, 9.17) is 10.00 Å². The minimum absolute atomic E-state index is 0.198. The molecule has 0 N–H and O–H groups in total. The number of benzene rings is 1. The molecular formula is C12H13FN2O3S. The second-order valence-electron chi connectivity index (χ2n) is 4.27. The Morgan fingerprint density at radius 1 is 1.53 bits per heavy atom. The third-order valence-corrected chi connectivity index (χ3v) is 4.82.